The van der Waals surface area contributed by atoms with Crippen LogP contribution in [-0.2, 0) is 10.0 Å². The largest absolute Gasteiger partial charge is 0.304 e. The van der Waals surface area contributed by atoms with Gasteiger partial charge in [-0.05, 0) is 38.7 Å². The lowest BCUT2D eigenvalue weighted by atomic mass is 10.5. The summed E-state index contributed by atoms with van der Waals surface area (Å²) in [6.07, 6.45) is 0. The molecule has 0 fully saturated rings. The molecule has 2 rings (SSSR count). The molecule has 0 bridgehead atoms. The van der Waals surface area contributed by atoms with Gasteiger partial charge in [0.15, 0.2) is 0 Å². The summed E-state index contributed by atoms with van der Waals surface area (Å²) >= 11 is 0.997. The summed E-state index contributed by atoms with van der Waals surface area (Å²) < 4.78 is 38.5. The lowest BCUT2D eigenvalue weighted by Gasteiger charge is -2.13. The minimum Gasteiger partial charge on any atom is -0.304 e. The number of nitrogens with zero attached hydrogens (tertiary/aromatic N) is 3. The van der Waals surface area contributed by atoms with Crippen LogP contribution in [0.15, 0.2) is 27.9 Å². The van der Waals surface area contributed by atoms with E-state index in [4.69, 9.17) is 0 Å². The highest BCUT2D eigenvalue weighted by atomic mass is 32.2. The number of aromatic nitrogens is 2. The molecule has 0 unspecified atom stereocenters. The summed E-state index contributed by atoms with van der Waals surface area (Å²) in [5.74, 6) is -0.821. The Balaban J connectivity index is 0.000000351. The zero-order valence-electron chi connectivity index (χ0n) is 14.3. The van der Waals surface area contributed by atoms with E-state index in [9.17, 15) is 12.8 Å². The maximum absolute atomic E-state index is 12.8. The molecule has 0 amide bonds. The average Bonchev–Trinajstić information content (AvgIpc) is 2.97. The smallest absolute Gasteiger partial charge is 0.290 e. The van der Waals surface area contributed by atoms with Crippen molar-refractivity contribution in [3.63, 3.8) is 0 Å². The van der Waals surface area contributed by atoms with Gasteiger partial charge in [-0.15, -0.1) is 11.3 Å². The molecule has 2 aromatic heterocycles. The minimum absolute atomic E-state index is 0.0685. The number of hydrogen-bond donors (Lipinski definition) is 1. The topological polar surface area (TPSA) is 75.2 Å². The molecule has 2 aromatic rings. The van der Waals surface area contributed by atoms with Gasteiger partial charge < -0.3 is 4.90 Å². The highest BCUT2D eigenvalue weighted by Gasteiger charge is 2.18. The SMILES string of the molecule is CCN(CC)CC.Cc1csc(S(=O)(=O)Nc2cccc(F)n2)n1. The molecule has 0 spiro atoms. The molecule has 0 saturated carbocycles. The van der Waals surface area contributed by atoms with Crippen molar-refractivity contribution in [1.29, 1.82) is 0 Å². The maximum Gasteiger partial charge on any atom is 0.290 e. The highest BCUT2D eigenvalue weighted by Crippen LogP contribution is 2.18. The molecule has 0 saturated heterocycles. The molecule has 0 atom stereocenters. The van der Waals surface area contributed by atoms with Crippen LogP contribution < -0.4 is 4.72 Å². The molecule has 0 aromatic carbocycles. The summed E-state index contributed by atoms with van der Waals surface area (Å²) in [4.78, 5) is 9.63. The van der Waals surface area contributed by atoms with E-state index in [0.717, 1.165) is 17.4 Å². The van der Waals surface area contributed by atoms with Gasteiger partial charge in [-0.25, -0.2) is 9.97 Å². The first-order chi connectivity index (χ1) is 11.3. The van der Waals surface area contributed by atoms with E-state index in [0.29, 0.717) is 5.69 Å². The molecular weight excluding hydrogens is 351 g/mol. The van der Waals surface area contributed by atoms with E-state index in [1.54, 1.807) is 12.3 Å². The average molecular weight is 375 g/mol. The van der Waals surface area contributed by atoms with Crippen molar-refractivity contribution < 1.29 is 12.8 Å². The van der Waals surface area contributed by atoms with Crippen LogP contribution in [-0.4, -0.2) is 42.9 Å². The van der Waals surface area contributed by atoms with Gasteiger partial charge in [0, 0.05) is 11.1 Å². The van der Waals surface area contributed by atoms with Gasteiger partial charge in [0.25, 0.3) is 10.0 Å². The number of anilines is 1. The third kappa shape index (κ3) is 6.50. The minimum atomic E-state index is -3.78. The number of rotatable bonds is 6. The second-order valence-corrected chi connectivity index (χ2v) is 7.54. The first-order valence-corrected chi connectivity index (χ1v) is 9.98. The Morgan fingerprint density at radius 2 is 1.79 bits per heavy atom. The van der Waals surface area contributed by atoms with E-state index < -0.39 is 16.0 Å². The van der Waals surface area contributed by atoms with Crippen molar-refractivity contribution in [3.05, 3.63) is 35.2 Å². The lowest BCUT2D eigenvalue weighted by Crippen LogP contribution is -2.21. The Kier molecular flexibility index (Phi) is 8.23. The van der Waals surface area contributed by atoms with Gasteiger partial charge in [-0.2, -0.15) is 12.8 Å². The number of hydrogen-bond acceptors (Lipinski definition) is 6. The standard InChI is InChI=1S/C9H8FN3O2S2.C6H15N/c1-6-5-16-9(11-6)17(14,15)13-8-4-2-3-7(10)12-8;1-4-7(5-2)6-3/h2-5H,1H3,(H,12,13);4-6H2,1-3H3. The maximum atomic E-state index is 12.8. The fourth-order valence-electron chi connectivity index (χ4n) is 1.77. The summed E-state index contributed by atoms with van der Waals surface area (Å²) in [6, 6.07) is 3.86. The zero-order valence-corrected chi connectivity index (χ0v) is 15.9. The Morgan fingerprint density at radius 3 is 2.21 bits per heavy atom. The van der Waals surface area contributed by atoms with Crippen molar-refractivity contribution >= 4 is 27.2 Å². The number of halogens is 1. The van der Waals surface area contributed by atoms with Gasteiger partial charge in [0.1, 0.15) is 5.82 Å². The number of pyridine rings is 1. The molecule has 0 aliphatic carbocycles. The predicted molar refractivity (Wildman–Crippen MR) is 95.3 cm³/mol. The van der Waals surface area contributed by atoms with Crippen molar-refractivity contribution in [3.8, 4) is 0 Å². The zero-order chi connectivity index (χ0) is 18.2. The van der Waals surface area contributed by atoms with E-state index in [-0.39, 0.29) is 10.2 Å². The van der Waals surface area contributed by atoms with E-state index >= 15 is 0 Å². The van der Waals surface area contributed by atoms with Crippen LogP contribution >= 0.6 is 11.3 Å². The third-order valence-corrected chi connectivity index (χ3v) is 5.85. The Hall–Kier alpha value is -1.58. The molecule has 0 aliphatic rings. The van der Waals surface area contributed by atoms with Gasteiger partial charge in [0.2, 0.25) is 10.3 Å². The molecule has 134 valence electrons. The van der Waals surface area contributed by atoms with Gasteiger partial charge >= 0.3 is 0 Å². The van der Waals surface area contributed by atoms with Crippen LogP contribution in [0.25, 0.3) is 0 Å². The monoisotopic (exact) mass is 374 g/mol. The van der Waals surface area contributed by atoms with Crippen LogP contribution in [0.5, 0.6) is 0 Å². The van der Waals surface area contributed by atoms with Crippen LogP contribution in [0.4, 0.5) is 10.2 Å². The lowest BCUT2D eigenvalue weighted by molar-refractivity contribution is 0.321. The third-order valence-electron chi connectivity index (χ3n) is 3.12. The summed E-state index contributed by atoms with van der Waals surface area (Å²) in [7, 11) is -3.78. The molecule has 1 N–H and O–H groups in total. The van der Waals surface area contributed by atoms with E-state index in [2.05, 4.69) is 40.4 Å². The molecule has 24 heavy (non-hydrogen) atoms. The van der Waals surface area contributed by atoms with Crippen LogP contribution in [0.2, 0.25) is 0 Å². The first-order valence-electron chi connectivity index (χ1n) is 7.62. The summed E-state index contributed by atoms with van der Waals surface area (Å²) in [5.41, 5.74) is 0.613. The molecule has 9 heteroatoms. The molecular formula is C15H23FN4O2S2. The molecule has 0 aliphatic heterocycles. The summed E-state index contributed by atoms with van der Waals surface area (Å²) in [6.45, 7) is 11.8. The van der Waals surface area contributed by atoms with Gasteiger partial charge in [-0.1, -0.05) is 26.8 Å². The second-order valence-electron chi connectivity index (χ2n) is 4.83. The number of nitrogens with one attached hydrogen (secondary N) is 1. The van der Waals surface area contributed by atoms with Crippen molar-refractivity contribution in [2.45, 2.75) is 32.0 Å². The fraction of sp³-hybridized carbons (Fsp3) is 0.467. The van der Waals surface area contributed by atoms with Crippen LogP contribution in [0.1, 0.15) is 26.5 Å². The molecule has 6 nitrogen and oxygen atoms in total. The van der Waals surface area contributed by atoms with Crippen molar-refractivity contribution in [1.82, 2.24) is 14.9 Å². The number of sulfonamides is 1. The summed E-state index contributed by atoms with van der Waals surface area (Å²) in [5, 5.41) is 1.62. The van der Waals surface area contributed by atoms with Crippen molar-refractivity contribution in [2.75, 3.05) is 24.4 Å². The quantitative estimate of drug-likeness (QED) is 0.786. The van der Waals surface area contributed by atoms with Gasteiger partial charge in [-0.3, -0.25) is 4.72 Å². The Bertz CT molecular complexity index is 725. The second kappa shape index (κ2) is 9.65. The van der Waals surface area contributed by atoms with E-state index in [1.807, 2.05) is 0 Å². The van der Waals surface area contributed by atoms with E-state index in [1.165, 1.54) is 31.8 Å². The van der Waals surface area contributed by atoms with Crippen LogP contribution in [0.3, 0.4) is 0 Å². The van der Waals surface area contributed by atoms with Crippen LogP contribution in [0, 0.1) is 12.9 Å². The van der Waals surface area contributed by atoms with Gasteiger partial charge in [0.05, 0.1) is 0 Å². The Labute approximate surface area is 146 Å². The normalized spacial score (nSPS) is 11.1. The number of aryl methyl sites for hydroxylation is 1. The molecule has 0 radical (unpaired) electrons. The number of thiazole rings is 1. The van der Waals surface area contributed by atoms with Crippen molar-refractivity contribution in [2.24, 2.45) is 0 Å². The molecule has 2 heterocycles. The predicted octanol–water partition coefficient (Wildman–Crippen LogP) is 3.13. The Morgan fingerprint density at radius 1 is 1.17 bits per heavy atom. The first kappa shape index (κ1) is 20.5. The fourth-order valence-corrected chi connectivity index (χ4v) is 3.81. The highest BCUT2D eigenvalue weighted by molar-refractivity contribution is 7.94.